The minimum Gasteiger partial charge on any atom is -0.457 e. The average Bonchev–Trinajstić information content (AvgIpc) is 2.94. The molecule has 0 fully saturated rings. The second-order valence-electron chi connectivity index (χ2n) is 8.35. The fourth-order valence-corrected chi connectivity index (χ4v) is 5.54. The highest BCUT2D eigenvalue weighted by Gasteiger charge is 2.41. The Bertz CT molecular complexity index is 1470. The van der Waals surface area contributed by atoms with Crippen LogP contribution in [-0.2, 0) is 39.2 Å². The molecule has 0 spiro atoms. The standard InChI is InChI=1S/C27H24N4O5S/c32-27(30-35-19-20-7-3-1-4-8-20)26-17-24-25(29-16-15-28-24)18-31(26)37(33,34)23-13-11-22(12-14-23)36-21-9-5-2-6-10-21/h1-16,26H,17-19H2,(H,30,32). The van der Waals surface area contributed by atoms with E-state index in [4.69, 9.17) is 9.57 Å². The topological polar surface area (TPSA) is 111 Å². The number of fused-ring (bicyclic) bond motifs is 1. The van der Waals surface area contributed by atoms with Gasteiger partial charge in [-0.05, 0) is 42.0 Å². The number of nitrogens with one attached hydrogen (secondary N) is 1. The minimum absolute atomic E-state index is 0.0308. The summed E-state index contributed by atoms with van der Waals surface area (Å²) in [6.45, 7) is 0.0515. The fourth-order valence-electron chi connectivity index (χ4n) is 3.99. The van der Waals surface area contributed by atoms with Gasteiger partial charge in [-0.1, -0.05) is 48.5 Å². The molecule has 9 nitrogen and oxygen atoms in total. The summed E-state index contributed by atoms with van der Waals surface area (Å²) in [6, 6.07) is 23.5. The van der Waals surface area contributed by atoms with Crippen molar-refractivity contribution in [3.63, 3.8) is 0 Å². The van der Waals surface area contributed by atoms with Gasteiger partial charge in [0.2, 0.25) is 10.0 Å². The maximum atomic E-state index is 13.7. The van der Waals surface area contributed by atoms with Gasteiger partial charge in [-0.2, -0.15) is 4.31 Å². The zero-order chi connectivity index (χ0) is 25.7. The molecule has 0 saturated carbocycles. The van der Waals surface area contributed by atoms with E-state index in [2.05, 4.69) is 15.4 Å². The van der Waals surface area contributed by atoms with Crippen LogP contribution in [0.1, 0.15) is 17.0 Å². The fraction of sp³-hybridized carbons (Fsp3) is 0.148. The van der Waals surface area contributed by atoms with Gasteiger partial charge in [-0.25, -0.2) is 13.9 Å². The number of benzene rings is 3. The Hall–Kier alpha value is -4.12. The predicted molar refractivity (Wildman–Crippen MR) is 135 cm³/mol. The SMILES string of the molecule is O=C(NOCc1ccccc1)C1Cc2nccnc2CN1S(=O)(=O)c1ccc(Oc2ccccc2)cc1. The monoisotopic (exact) mass is 516 g/mol. The van der Waals surface area contributed by atoms with Crippen LogP contribution >= 0.6 is 0 Å². The third-order valence-corrected chi connectivity index (χ3v) is 7.74. The van der Waals surface area contributed by atoms with Crippen LogP contribution in [-0.4, -0.2) is 34.6 Å². The quantitative estimate of drug-likeness (QED) is 0.356. The molecule has 1 atom stereocenters. The number of ether oxygens (including phenoxy) is 1. The molecule has 0 bridgehead atoms. The van der Waals surface area contributed by atoms with E-state index >= 15 is 0 Å². The first-order valence-corrected chi connectivity index (χ1v) is 13.0. The molecule has 1 N–H and O–H groups in total. The van der Waals surface area contributed by atoms with Crippen molar-refractivity contribution in [2.75, 3.05) is 0 Å². The number of amides is 1. The number of hydroxylamine groups is 1. The molecule has 1 amide bonds. The van der Waals surface area contributed by atoms with Crippen LogP contribution in [0.15, 0.2) is 102 Å². The van der Waals surface area contributed by atoms with Gasteiger partial charge >= 0.3 is 0 Å². The van der Waals surface area contributed by atoms with Gasteiger partial charge in [0.25, 0.3) is 5.91 Å². The highest BCUT2D eigenvalue weighted by Crippen LogP contribution is 2.29. The lowest BCUT2D eigenvalue weighted by Crippen LogP contribution is -2.52. The van der Waals surface area contributed by atoms with Gasteiger partial charge in [0.05, 0.1) is 29.4 Å². The maximum absolute atomic E-state index is 13.7. The number of rotatable bonds is 8. The van der Waals surface area contributed by atoms with Gasteiger partial charge in [0.1, 0.15) is 17.5 Å². The Morgan fingerprint density at radius 3 is 2.19 bits per heavy atom. The molecular weight excluding hydrogens is 492 g/mol. The van der Waals surface area contributed by atoms with Crippen LogP contribution < -0.4 is 10.2 Å². The third-order valence-electron chi connectivity index (χ3n) is 5.87. The van der Waals surface area contributed by atoms with Crippen LogP contribution in [0.5, 0.6) is 11.5 Å². The molecule has 10 heteroatoms. The van der Waals surface area contributed by atoms with Crippen molar-refractivity contribution in [1.29, 1.82) is 0 Å². The molecule has 3 aromatic carbocycles. The van der Waals surface area contributed by atoms with E-state index in [9.17, 15) is 13.2 Å². The highest BCUT2D eigenvalue weighted by atomic mass is 32.2. The molecule has 1 unspecified atom stereocenters. The smallest absolute Gasteiger partial charge is 0.262 e. The zero-order valence-corrected chi connectivity index (χ0v) is 20.5. The van der Waals surface area contributed by atoms with E-state index in [1.807, 2.05) is 48.5 Å². The van der Waals surface area contributed by atoms with Gasteiger partial charge in [0.15, 0.2) is 0 Å². The third kappa shape index (κ3) is 5.67. The van der Waals surface area contributed by atoms with Gasteiger partial charge < -0.3 is 4.74 Å². The largest absolute Gasteiger partial charge is 0.457 e. The summed E-state index contributed by atoms with van der Waals surface area (Å²) in [7, 11) is -4.07. The lowest BCUT2D eigenvalue weighted by Gasteiger charge is -2.33. The van der Waals surface area contributed by atoms with Crippen molar-refractivity contribution in [3.8, 4) is 11.5 Å². The predicted octanol–water partition coefficient (Wildman–Crippen LogP) is 3.63. The lowest BCUT2D eigenvalue weighted by molar-refractivity contribution is -0.139. The normalized spacial score (nSPS) is 15.5. The van der Waals surface area contributed by atoms with E-state index in [-0.39, 0.29) is 24.5 Å². The minimum atomic E-state index is -4.07. The summed E-state index contributed by atoms with van der Waals surface area (Å²) in [5.41, 5.74) is 4.35. The van der Waals surface area contributed by atoms with E-state index in [0.717, 1.165) is 9.87 Å². The molecule has 2 heterocycles. The number of carbonyl (C=O) groups is 1. The molecule has 1 aromatic heterocycles. The first kappa shape index (κ1) is 24.6. The van der Waals surface area contributed by atoms with E-state index in [1.54, 1.807) is 24.3 Å². The number of hydrogen-bond donors (Lipinski definition) is 1. The van der Waals surface area contributed by atoms with Gasteiger partial charge in [-0.3, -0.25) is 19.6 Å². The van der Waals surface area contributed by atoms with E-state index < -0.39 is 22.0 Å². The molecule has 1 aliphatic rings. The number of para-hydroxylation sites is 1. The Kier molecular flexibility index (Phi) is 7.22. The Morgan fingerprint density at radius 1 is 0.865 bits per heavy atom. The van der Waals surface area contributed by atoms with Crippen molar-refractivity contribution < 1.29 is 22.8 Å². The van der Waals surface area contributed by atoms with E-state index in [1.165, 1.54) is 24.5 Å². The highest BCUT2D eigenvalue weighted by molar-refractivity contribution is 7.89. The van der Waals surface area contributed by atoms with Crippen molar-refractivity contribution in [2.45, 2.75) is 30.5 Å². The van der Waals surface area contributed by atoms with Crippen LogP contribution in [0.2, 0.25) is 0 Å². The summed E-state index contributed by atoms with van der Waals surface area (Å²) in [4.78, 5) is 27.1. The molecule has 37 heavy (non-hydrogen) atoms. The Balaban J connectivity index is 1.36. The number of sulfonamides is 1. The number of hydrogen-bond acceptors (Lipinski definition) is 7. The summed E-state index contributed by atoms with van der Waals surface area (Å²) in [6.07, 6.45) is 3.09. The van der Waals surface area contributed by atoms with E-state index in [0.29, 0.717) is 22.9 Å². The molecule has 4 aromatic rings. The molecule has 5 rings (SSSR count). The van der Waals surface area contributed by atoms with Crippen LogP contribution in [0.3, 0.4) is 0 Å². The number of aromatic nitrogens is 2. The lowest BCUT2D eigenvalue weighted by atomic mass is 10.0. The summed E-state index contributed by atoms with van der Waals surface area (Å²) < 4.78 is 34.3. The van der Waals surface area contributed by atoms with Crippen molar-refractivity contribution >= 4 is 15.9 Å². The van der Waals surface area contributed by atoms with Crippen molar-refractivity contribution in [1.82, 2.24) is 19.8 Å². The summed E-state index contributed by atoms with van der Waals surface area (Å²) in [5.74, 6) is 0.542. The maximum Gasteiger partial charge on any atom is 0.262 e. The average molecular weight is 517 g/mol. The van der Waals surface area contributed by atoms with Crippen LogP contribution in [0.4, 0.5) is 0 Å². The summed E-state index contributed by atoms with van der Waals surface area (Å²) >= 11 is 0. The van der Waals surface area contributed by atoms with Crippen LogP contribution in [0.25, 0.3) is 0 Å². The van der Waals surface area contributed by atoms with Gasteiger partial charge in [-0.15, -0.1) is 0 Å². The summed E-state index contributed by atoms with van der Waals surface area (Å²) in [5, 5.41) is 0. The van der Waals surface area contributed by atoms with Crippen molar-refractivity contribution in [2.24, 2.45) is 0 Å². The molecular formula is C27H24N4O5S. The van der Waals surface area contributed by atoms with Crippen molar-refractivity contribution in [3.05, 3.63) is 114 Å². The Morgan fingerprint density at radius 2 is 1.49 bits per heavy atom. The molecule has 188 valence electrons. The second kappa shape index (κ2) is 10.9. The molecule has 0 radical (unpaired) electrons. The molecule has 0 aliphatic carbocycles. The van der Waals surface area contributed by atoms with Crippen LogP contribution in [0, 0.1) is 0 Å². The number of carbonyl (C=O) groups excluding carboxylic acids is 1. The Labute approximate surface area is 214 Å². The second-order valence-corrected chi connectivity index (χ2v) is 10.2. The van der Waals surface area contributed by atoms with Gasteiger partial charge in [0, 0.05) is 18.8 Å². The first-order chi connectivity index (χ1) is 18.0. The molecule has 1 aliphatic heterocycles. The molecule has 0 saturated heterocycles. The first-order valence-electron chi connectivity index (χ1n) is 11.6. The number of nitrogens with zero attached hydrogens (tertiary/aromatic N) is 3. The zero-order valence-electron chi connectivity index (χ0n) is 19.7.